The zero-order valence-electron chi connectivity index (χ0n) is 10.4. The summed E-state index contributed by atoms with van der Waals surface area (Å²) in [6, 6.07) is 6.79. The normalized spacial score (nSPS) is 20.2. The summed E-state index contributed by atoms with van der Waals surface area (Å²) < 4.78 is 19.2. The molecule has 1 saturated heterocycles. The minimum atomic E-state index is -0.217. The van der Waals surface area contributed by atoms with Gasteiger partial charge in [0.2, 0.25) is 0 Å². The molecule has 1 unspecified atom stereocenters. The topological polar surface area (TPSA) is 22.1 Å². The van der Waals surface area contributed by atoms with Crippen molar-refractivity contribution >= 4 is 10.9 Å². The highest BCUT2D eigenvalue weighted by Gasteiger charge is 2.19. The van der Waals surface area contributed by atoms with Crippen molar-refractivity contribution in [3.8, 4) is 0 Å². The van der Waals surface area contributed by atoms with E-state index in [0.717, 1.165) is 41.6 Å². The quantitative estimate of drug-likeness (QED) is 0.759. The number of ether oxygens (including phenoxy) is 1. The second-order valence-electron chi connectivity index (χ2n) is 4.87. The van der Waals surface area contributed by atoms with Gasteiger partial charge in [-0.05, 0) is 56.0 Å². The molecule has 0 saturated carbocycles. The maximum absolute atomic E-state index is 13.4. The lowest BCUT2D eigenvalue weighted by Crippen LogP contribution is -2.12. The lowest BCUT2D eigenvalue weighted by Gasteiger charge is -2.24. The summed E-state index contributed by atoms with van der Waals surface area (Å²) in [5.74, 6) is -0.217. The van der Waals surface area contributed by atoms with Gasteiger partial charge in [0.1, 0.15) is 5.82 Å². The molecule has 94 valence electrons. The van der Waals surface area contributed by atoms with E-state index in [2.05, 4.69) is 4.98 Å². The molecule has 0 bridgehead atoms. The molecule has 1 aromatic heterocycles. The van der Waals surface area contributed by atoms with Gasteiger partial charge < -0.3 is 4.74 Å². The van der Waals surface area contributed by atoms with Crippen LogP contribution in [0.4, 0.5) is 4.39 Å². The van der Waals surface area contributed by atoms with Crippen molar-refractivity contribution < 1.29 is 9.13 Å². The zero-order chi connectivity index (χ0) is 12.5. The van der Waals surface area contributed by atoms with Crippen LogP contribution in [0.1, 0.15) is 36.6 Å². The summed E-state index contributed by atoms with van der Waals surface area (Å²) in [6.45, 7) is 2.76. The van der Waals surface area contributed by atoms with E-state index < -0.39 is 0 Å². The van der Waals surface area contributed by atoms with Crippen LogP contribution < -0.4 is 0 Å². The Morgan fingerprint density at radius 3 is 2.94 bits per heavy atom. The van der Waals surface area contributed by atoms with Gasteiger partial charge >= 0.3 is 0 Å². The van der Waals surface area contributed by atoms with E-state index in [1.54, 1.807) is 12.1 Å². The standard InChI is InChI=1S/C15H16FNO/c1-10-8-13(15-4-2-3-7-18-15)12-9-11(16)5-6-14(12)17-10/h5-6,8-9,15H,2-4,7H2,1H3. The molecule has 2 heterocycles. The highest BCUT2D eigenvalue weighted by atomic mass is 19.1. The molecule has 1 fully saturated rings. The van der Waals surface area contributed by atoms with Gasteiger partial charge in [0.25, 0.3) is 0 Å². The fourth-order valence-electron chi connectivity index (χ4n) is 2.61. The molecular weight excluding hydrogens is 229 g/mol. The number of rotatable bonds is 1. The number of benzene rings is 1. The van der Waals surface area contributed by atoms with E-state index >= 15 is 0 Å². The summed E-state index contributed by atoms with van der Waals surface area (Å²) in [5.41, 5.74) is 2.88. The fraction of sp³-hybridized carbons (Fsp3) is 0.400. The largest absolute Gasteiger partial charge is 0.374 e. The first kappa shape index (κ1) is 11.6. The van der Waals surface area contributed by atoms with Crippen LogP contribution in [0.15, 0.2) is 24.3 Å². The lowest BCUT2D eigenvalue weighted by atomic mass is 9.97. The number of hydrogen-bond donors (Lipinski definition) is 0. The lowest BCUT2D eigenvalue weighted by molar-refractivity contribution is 0.0158. The summed E-state index contributed by atoms with van der Waals surface area (Å²) in [5, 5.41) is 0.882. The fourth-order valence-corrected chi connectivity index (χ4v) is 2.61. The van der Waals surface area contributed by atoms with Crippen molar-refractivity contribution in [1.82, 2.24) is 4.98 Å². The second-order valence-corrected chi connectivity index (χ2v) is 4.87. The summed E-state index contributed by atoms with van der Waals surface area (Å²) in [7, 11) is 0. The predicted octanol–water partition coefficient (Wildman–Crippen LogP) is 3.92. The minimum absolute atomic E-state index is 0.0877. The van der Waals surface area contributed by atoms with Crippen LogP contribution in [0.2, 0.25) is 0 Å². The van der Waals surface area contributed by atoms with E-state index in [-0.39, 0.29) is 11.9 Å². The van der Waals surface area contributed by atoms with E-state index in [0.29, 0.717) is 0 Å². The van der Waals surface area contributed by atoms with Crippen molar-refractivity contribution in [3.05, 3.63) is 41.3 Å². The molecule has 1 aliphatic rings. The third kappa shape index (κ3) is 2.10. The smallest absolute Gasteiger partial charge is 0.123 e. The number of nitrogens with zero attached hydrogens (tertiary/aromatic N) is 1. The Morgan fingerprint density at radius 1 is 1.28 bits per heavy atom. The zero-order valence-corrected chi connectivity index (χ0v) is 10.4. The van der Waals surface area contributed by atoms with Crippen LogP contribution >= 0.6 is 0 Å². The molecule has 1 aliphatic heterocycles. The van der Waals surface area contributed by atoms with Crippen molar-refractivity contribution in [2.24, 2.45) is 0 Å². The molecule has 0 amide bonds. The molecule has 0 aliphatic carbocycles. The Hall–Kier alpha value is -1.48. The van der Waals surface area contributed by atoms with Gasteiger partial charge in [0, 0.05) is 17.7 Å². The highest BCUT2D eigenvalue weighted by Crippen LogP contribution is 2.33. The molecule has 2 nitrogen and oxygen atoms in total. The maximum atomic E-state index is 13.4. The number of pyridine rings is 1. The first-order valence-corrected chi connectivity index (χ1v) is 6.42. The third-order valence-corrected chi connectivity index (χ3v) is 3.46. The number of aryl methyl sites for hydroxylation is 1. The number of fused-ring (bicyclic) bond motifs is 1. The van der Waals surface area contributed by atoms with Gasteiger partial charge in [-0.25, -0.2) is 4.39 Å². The number of aromatic nitrogens is 1. The third-order valence-electron chi connectivity index (χ3n) is 3.46. The van der Waals surface area contributed by atoms with Crippen LogP contribution in [0.25, 0.3) is 10.9 Å². The van der Waals surface area contributed by atoms with Crippen molar-refractivity contribution in [1.29, 1.82) is 0 Å². The summed E-state index contributed by atoms with van der Waals surface area (Å²) >= 11 is 0. The van der Waals surface area contributed by atoms with E-state index in [1.165, 1.54) is 12.5 Å². The molecule has 1 atom stereocenters. The predicted molar refractivity (Wildman–Crippen MR) is 69.0 cm³/mol. The highest BCUT2D eigenvalue weighted by molar-refractivity contribution is 5.82. The van der Waals surface area contributed by atoms with Crippen molar-refractivity contribution in [3.63, 3.8) is 0 Å². The SMILES string of the molecule is Cc1cc(C2CCCCO2)c2cc(F)ccc2n1. The summed E-state index contributed by atoms with van der Waals surface area (Å²) in [6.07, 6.45) is 3.38. The van der Waals surface area contributed by atoms with Crippen LogP contribution in [-0.4, -0.2) is 11.6 Å². The number of hydrogen-bond acceptors (Lipinski definition) is 2. The van der Waals surface area contributed by atoms with Gasteiger partial charge in [0.15, 0.2) is 0 Å². The Labute approximate surface area is 106 Å². The monoisotopic (exact) mass is 245 g/mol. The van der Waals surface area contributed by atoms with Crippen LogP contribution in [0.5, 0.6) is 0 Å². The first-order valence-electron chi connectivity index (χ1n) is 6.42. The average molecular weight is 245 g/mol. The first-order chi connectivity index (χ1) is 8.74. The summed E-state index contributed by atoms with van der Waals surface area (Å²) in [4.78, 5) is 4.45. The Balaban J connectivity index is 2.16. The van der Waals surface area contributed by atoms with Gasteiger partial charge in [-0.15, -0.1) is 0 Å². The molecule has 18 heavy (non-hydrogen) atoms. The molecule has 1 aromatic carbocycles. The van der Waals surface area contributed by atoms with Crippen molar-refractivity contribution in [2.75, 3.05) is 6.61 Å². The van der Waals surface area contributed by atoms with Gasteiger partial charge in [0.05, 0.1) is 11.6 Å². The average Bonchev–Trinajstić information content (AvgIpc) is 2.39. The van der Waals surface area contributed by atoms with E-state index in [1.807, 2.05) is 13.0 Å². The van der Waals surface area contributed by atoms with Gasteiger partial charge in [-0.3, -0.25) is 4.98 Å². The maximum Gasteiger partial charge on any atom is 0.123 e. The molecular formula is C15H16FNO. The molecule has 3 rings (SSSR count). The number of halogens is 1. The van der Waals surface area contributed by atoms with E-state index in [9.17, 15) is 4.39 Å². The van der Waals surface area contributed by atoms with Crippen LogP contribution in [-0.2, 0) is 4.74 Å². The van der Waals surface area contributed by atoms with Gasteiger partial charge in [-0.1, -0.05) is 0 Å². The van der Waals surface area contributed by atoms with Gasteiger partial charge in [-0.2, -0.15) is 0 Å². The Bertz CT molecular complexity index is 576. The Morgan fingerprint density at radius 2 is 2.17 bits per heavy atom. The van der Waals surface area contributed by atoms with Crippen LogP contribution in [0.3, 0.4) is 0 Å². The van der Waals surface area contributed by atoms with E-state index in [4.69, 9.17) is 4.74 Å². The second kappa shape index (κ2) is 4.65. The molecule has 3 heteroatoms. The Kier molecular flexibility index (Phi) is 3.00. The van der Waals surface area contributed by atoms with Crippen molar-refractivity contribution in [2.45, 2.75) is 32.3 Å². The molecule has 0 N–H and O–H groups in total. The molecule has 0 spiro atoms. The molecule has 2 aromatic rings. The minimum Gasteiger partial charge on any atom is -0.374 e. The van der Waals surface area contributed by atoms with Crippen LogP contribution in [0, 0.1) is 12.7 Å². The molecule has 0 radical (unpaired) electrons.